The summed E-state index contributed by atoms with van der Waals surface area (Å²) in [6.07, 6.45) is 3.51. The second-order valence-corrected chi connectivity index (χ2v) is 4.25. The van der Waals surface area contributed by atoms with Gasteiger partial charge >= 0.3 is 0 Å². The van der Waals surface area contributed by atoms with E-state index in [2.05, 4.69) is 15.9 Å². The Morgan fingerprint density at radius 3 is 2.62 bits per heavy atom. The Bertz CT molecular complexity index is 133. The summed E-state index contributed by atoms with van der Waals surface area (Å²) in [6, 6.07) is 0. The number of hydrogen-bond acceptors (Lipinski definition) is 2. The minimum absolute atomic E-state index is 0.438. The molecule has 0 atom stereocenters. The molecule has 3 heteroatoms. The van der Waals surface area contributed by atoms with E-state index in [4.69, 9.17) is 9.47 Å². The molecule has 1 saturated heterocycles. The van der Waals surface area contributed by atoms with Gasteiger partial charge in [0.15, 0.2) is 0 Å². The van der Waals surface area contributed by atoms with Gasteiger partial charge in [-0.1, -0.05) is 15.9 Å². The molecule has 0 bridgehead atoms. The van der Waals surface area contributed by atoms with Gasteiger partial charge in [-0.05, 0) is 31.6 Å². The van der Waals surface area contributed by atoms with Crippen LogP contribution in [0.25, 0.3) is 0 Å². The summed E-state index contributed by atoms with van der Waals surface area (Å²) < 4.78 is 10.8. The minimum atomic E-state index is 0.438. The highest BCUT2D eigenvalue weighted by Gasteiger charge is 2.30. The third-order valence-electron chi connectivity index (χ3n) is 2.82. The molecule has 0 amide bonds. The fraction of sp³-hybridized carbons (Fsp3) is 1.00. The van der Waals surface area contributed by atoms with E-state index in [0.717, 1.165) is 38.2 Å². The molecule has 0 saturated carbocycles. The first kappa shape index (κ1) is 11.5. The first-order chi connectivity index (χ1) is 6.33. The Morgan fingerprint density at radius 2 is 2.08 bits per heavy atom. The van der Waals surface area contributed by atoms with Crippen molar-refractivity contribution in [1.82, 2.24) is 0 Å². The number of halogens is 1. The summed E-state index contributed by atoms with van der Waals surface area (Å²) in [5, 5.41) is 1.08. The molecule has 0 aromatic rings. The van der Waals surface area contributed by atoms with Crippen LogP contribution >= 0.6 is 15.9 Å². The summed E-state index contributed by atoms with van der Waals surface area (Å²) in [5.41, 5.74) is 0.438. The molecule has 0 unspecified atom stereocenters. The van der Waals surface area contributed by atoms with Gasteiger partial charge in [0, 0.05) is 31.8 Å². The van der Waals surface area contributed by atoms with Crippen molar-refractivity contribution in [2.45, 2.75) is 26.2 Å². The lowest BCUT2D eigenvalue weighted by Crippen LogP contribution is -2.32. The summed E-state index contributed by atoms with van der Waals surface area (Å²) in [5.74, 6) is 0. The summed E-state index contributed by atoms with van der Waals surface area (Å²) in [6.45, 7) is 5.59. The maximum Gasteiger partial charge on any atom is 0.0471 e. The number of alkyl halides is 1. The maximum absolute atomic E-state index is 5.40. The lowest BCUT2D eigenvalue weighted by molar-refractivity contribution is 0.00702. The molecule has 0 spiro atoms. The fourth-order valence-electron chi connectivity index (χ4n) is 1.69. The maximum atomic E-state index is 5.40. The SMILES string of the molecule is CCOCCC1(CBr)CCOCC1. The zero-order valence-electron chi connectivity index (χ0n) is 8.35. The Balaban J connectivity index is 2.29. The van der Waals surface area contributed by atoms with Crippen LogP contribution in [0.2, 0.25) is 0 Å². The van der Waals surface area contributed by atoms with Crippen molar-refractivity contribution in [1.29, 1.82) is 0 Å². The molecule has 0 aromatic carbocycles. The average molecular weight is 251 g/mol. The highest BCUT2D eigenvalue weighted by molar-refractivity contribution is 9.09. The smallest absolute Gasteiger partial charge is 0.0471 e. The van der Waals surface area contributed by atoms with Gasteiger partial charge in [-0.3, -0.25) is 0 Å². The predicted molar refractivity (Wildman–Crippen MR) is 57.4 cm³/mol. The van der Waals surface area contributed by atoms with Gasteiger partial charge in [0.2, 0.25) is 0 Å². The van der Waals surface area contributed by atoms with Gasteiger partial charge in [-0.2, -0.15) is 0 Å². The van der Waals surface area contributed by atoms with Gasteiger partial charge in [0.05, 0.1) is 0 Å². The van der Waals surface area contributed by atoms with E-state index in [-0.39, 0.29) is 0 Å². The average Bonchev–Trinajstić information content (AvgIpc) is 2.20. The Hall–Kier alpha value is 0.400. The lowest BCUT2D eigenvalue weighted by atomic mass is 9.80. The zero-order chi connectivity index (χ0) is 9.57. The number of ether oxygens (including phenoxy) is 2. The first-order valence-electron chi connectivity index (χ1n) is 5.04. The van der Waals surface area contributed by atoms with E-state index in [1.807, 2.05) is 6.92 Å². The van der Waals surface area contributed by atoms with Crippen LogP contribution in [0.15, 0.2) is 0 Å². The number of rotatable bonds is 5. The van der Waals surface area contributed by atoms with E-state index >= 15 is 0 Å². The lowest BCUT2D eigenvalue weighted by Gasteiger charge is -2.35. The fourth-order valence-corrected chi connectivity index (χ4v) is 2.53. The van der Waals surface area contributed by atoms with Crippen molar-refractivity contribution < 1.29 is 9.47 Å². The van der Waals surface area contributed by atoms with Crippen LogP contribution in [-0.2, 0) is 9.47 Å². The van der Waals surface area contributed by atoms with E-state index in [1.54, 1.807) is 0 Å². The van der Waals surface area contributed by atoms with Gasteiger partial charge in [0.1, 0.15) is 0 Å². The Kier molecular flexibility index (Phi) is 5.29. The zero-order valence-corrected chi connectivity index (χ0v) is 9.94. The second kappa shape index (κ2) is 5.99. The van der Waals surface area contributed by atoms with Crippen LogP contribution in [0.1, 0.15) is 26.2 Å². The molecule has 1 fully saturated rings. The molecular formula is C10H19BrO2. The monoisotopic (exact) mass is 250 g/mol. The second-order valence-electron chi connectivity index (χ2n) is 3.69. The Morgan fingerprint density at radius 1 is 1.38 bits per heavy atom. The third-order valence-corrected chi connectivity index (χ3v) is 4.01. The molecule has 13 heavy (non-hydrogen) atoms. The van der Waals surface area contributed by atoms with Gasteiger partial charge in [0.25, 0.3) is 0 Å². The van der Waals surface area contributed by atoms with Crippen molar-refractivity contribution in [3.8, 4) is 0 Å². The highest BCUT2D eigenvalue weighted by Crippen LogP contribution is 2.35. The van der Waals surface area contributed by atoms with Crippen LogP contribution in [0.3, 0.4) is 0 Å². The van der Waals surface area contributed by atoms with Gasteiger partial charge in [-0.15, -0.1) is 0 Å². The van der Waals surface area contributed by atoms with Gasteiger partial charge in [-0.25, -0.2) is 0 Å². The molecule has 78 valence electrons. The predicted octanol–water partition coefficient (Wildman–Crippen LogP) is 2.60. The molecule has 1 rings (SSSR count). The molecule has 0 radical (unpaired) electrons. The Labute approximate surface area is 89.1 Å². The molecule has 2 nitrogen and oxygen atoms in total. The molecular weight excluding hydrogens is 232 g/mol. The normalized spacial score (nSPS) is 21.7. The summed E-state index contributed by atoms with van der Waals surface area (Å²) >= 11 is 3.61. The van der Waals surface area contributed by atoms with Gasteiger partial charge < -0.3 is 9.47 Å². The van der Waals surface area contributed by atoms with Crippen LogP contribution in [0.5, 0.6) is 0 Å². The van der Waals surface area contributed by atoms with Crippen LogP contribution in [0, 0.1) is 5.41 Å². The van der Waals surface area contributed by atoms with Crippen LogP contribution in [-0.4, -0.2) is 31.8 Å². The van der Waals surface area contributed by atoms with Crippen molar-refractivity contribution in [2.24, 2.45) is 5.41 Å². The molecule has 1 aliphatic heterocycles. The van der Waals surface area contributed by atoms with Crippen molar-refractivity contribution in [3.05, 3.63) is 0 Å². The quantitative estimate of drug-likeness (QED) is 0.552. The number of hydrogen-bond donors (Lipinski definition) is 0. The summed E-state index contributed by atoms with van der Waals surface area (Å²) in [4.78, 5) is 0. The van der Waals surface area contributed by atoms with Crippen molar-refractivity contribution >= 4 is 15.9 Å². The summed E-state index contributed by atoms with van der Waals surface area (Å²) in [7, 11) is 0. The molecule has 1 aliphatic rings. The first-order valence-corrected chi connectivity index (χ1v) is 6.16. The highest BCUT2D eigenvalue weighted by atomic mass is 79.9. The van der Waals surface area contributed by atoms with Crippen LogP contribution < -0.4 is 0 Å². The van der Waals surface area contributed by atoms with Crippen molar-refractivity contribution in [2.75, 3.05) is 31.8 Å². The minimum Gasteiger partial charge on any atom is -0.382 e. The molecule has 1 heterocycles. The van der Waals surface area contributed by atoms with E-state index in [1.165, 1.54) is 12.8 Å². The van der Waals surface area contributed by atoms with Crippen LogP contribution in [0.4, 0.5) is 0 Å². The van der Waals surface area contributed by atoms with E-state index in [0.29, 0.717) is 5.41 Å². The molecule has 0 aromatic heterocycles. The van der Waals surface area contributed by atoms with E-state index in [9.17, 15) is 0 Å². The van der Waals surface area contributed by atoms with E-state index < -0.39 is 0 Å². The topological polar surface area (TPSA) is 18.5 Å². The molecule has 0 aliphatic carbocycles. The third kappa shape index (κ3) is 3.56. The van der Waals surface area contributed by atoms with Crippen molar-refractivity contribution in [3.63, 3.8) is 0 Å². The molecule has 0 N–H and O–H groups in total. The standard InChI is InChI=1S/C10H19BrO2/c1-2-12-6-3-10(9-11)4-7-13-8-5-10/h2-9H2,1H3. The largest absolute Gasteiger partial charge is 0.382 e.